The van der Waals surface area contributed by atoms with Gasteiger partial charge < -0.3 is 24.6 Å². The Morgan fingerprint density at radius 1 is 1.37 bits per heavy atom. The van der Waals surface area contributed by atoms with Gasteiger partial charge in [-0.05, 0) is 37.3 Å². The third kappa shape index (κ3) is 7.40. The average molecular weight is 508 g/mol. The minimum absolute atomic E-state index is 0. The molecule has 0 aliphatic carbocycles. The fourth-order valence-corrected chi connectivity index (χ4v) is 4.12. The maximum absolute atomic E-state index is 5.77. The summed E-state index contributed by atoms with van der Waals surface area (Å²) in [5.74, 6) is 1.64. The van der Waals surface area contributed by atoms with Gasteiger partial charge in [0.1, 0.15) is 0 Å². The van der Waals surface area contributed by atoms with Crippen molar-refractivity contribution in [1.29, 1.82) is 0 Å². The van der Waals surface area contributed by atoms with Gasteiger partial charge in [-0.25, -0.2) is 0 Å². The van der Waals surface area contributed by atoms with Crippen molar-refractivity contribution < 1.29 is 9.47 Å². The summed E-state index contributed by atoms with van der Waals surface area (Å²) in [6, 6.07) is 4.33. The molecule has 2 aliphatic rings. The number of anilines is 1. The van der Waals surface area contributed by atoms with E-state index in [0.717, 1.165) is 84.5 Å². The highest BCUT2D eigenvalue weighted by atomic mass is 127. The third-order valence-corrected chi connectivity index (χ3v) is 5.75. The third-order valence-electron chi connectivity index (χ3n) is 4.82. The molecule has 3 heterocycles. The van der Waals surface area contributed by atoms with E-state index in [1.807, 2.05) is 11.3 Å². The summed E-state index contributed by atoms with van der Waals surface area (Å²) in [5.41, 5.74) is 0. The van der Waals surface area contributed by atoms with Gasteiger partial charge in [-0.1, -0.05) is 0 Å². The van der Waals surface area contributed by atoms with Crippen LogP contribution in [0.25, 0.3) is 0 Å². The van der Waals surface area contributed by atoms with Crippen LogP contribution in [-0.2, 0) is 9.47 Å². The van der Waals surface area contributed by atoms with Gasteiger partial charge in [0.25, 0.3) is 0 Å². The van der Waals surface area contributed by atoms with E-state index < -0.39 is 0 Å². The first kappa shape index (κ1) is 22.7. The van der Waals surface area contributed by atoms with Crippen molar-refractivity contribution in [1.82, 2.24) is 10.2 Å². The molecule has 1 unspecified atom stereocenters. The number of halogens is 1. The largest absolute Gasteiger partial charge is 0.381 e. The molecule has 1 atom stereocenters. The fourth-order valence-electron chi connectivity index (χ4n) is 3.33. The van der Waals surface area contributed by atoms with Crippen molar-refractivity contribution >= 4 is 46.3 Å². The van der Waals surface area contributed by atoms with Crippen LogP contribution >= 0.6 is 35.3 Å². The molecule has 0 aromatic carbocycles. The van der Waals surface area contributed by atoms with Gasteiger partial charge in [0.05, 0.1) is 18.2 Å². The second-order valence-corrected chi connectivity index (χ2v) is 7.75. The lowest BCUT2D eigenvalue weighted by Crippen LogP contribution is -2.52. The van der Waals surface area contributed by atoms with E-state index in [1.54, 1.807) is 0 Å². The number of hydrogen-bond acceptors (Lipinski definition) is 5. The Morgan fingerprint density at radius 3 is 2.89 bits per heavy atom. The minimum Gasteiger partial charge on any atom is -0.381 e. The highest BCUT2D eigenvalue weighted by Gasteiger charge is 2.20. The number of guanidine groups is 1. The standard InChI is InChI=1S/C19H32N4O2S.HI/c1-2-20-19(21-7-4-12-24-15-17-6-13-25-16-17)23-10-8-22(9-11-23)18-5-3-14-26-18;/h3,5,14,17H,2,4,6-13,15-16H2,1H3,(H,20,21);1H. The zero-order valence-electron chi connectivity index (χ0n) is 16.3. The van der Waals surface area contributed by atoms with E-state index in [0.29, 0.717) is 5.92 Å². The molecule has 0 spiro atoms. The predicted octanol–water partition coefficient (Wildman–Crippen LogP) is 2.90. The summed E-state index contributed by atoms with van der Waals surface area (Å²) in [6.07, 6.45) is 2.11. The SMILES string of the molecule is CCNC(=NCCCOCC1CCOC1)N1CCN(c2cccs2)CC1.I. The van der Waals surface area contributed by atoms with Crippen molar-refractivity contribution in [2.75, 3.05) is 70.6 Å². The number of ether oxygens (including phenoxy) is 2. The molecule has 2 aliphatic heterocycles. The van der Waals surface area contributed by atoms with E-state index in [1.165, 1.54) is 5.00 Å². The smallest absolute Gasteiger partial charge is 0.194 e. The lowest BCUT2D eigenvalue weighted by atomic mass is 10.1. The summed E-state index contributed by atoms with van der Waals surface area (Å²) < 4.78 is 11.1. The first-order valence-corrected chi connectivity index (χ1v) is 10.7. The molecule has 3 rings (SSSR count). The molecular formula is C19H33IN4O2S. The number of hydrogen-bond donors (Lipinski definition) is 1. The van der Waals surface area contributed by atoms with E-state index in [-0.39, 0.29) is 24.0 Å². The number of rotatable bonds is 8. The summed E-state index contributed by atoms with van der Waals surface area (Å²) in [5, 5.41) is 6.96. The van der Waals surface area contributed by atoms with Gasteiger partial charge in [0.15, 0.2) is 5.96 Å². The van der Waals surface area contributed by atoms with E-state index in [4.69, 9.17) is 14.5 Å². The molecule has 0 saturated carbocycles. The monoisotopic (exact) mass is 508 g/mol. The Bertz CT molecular complexity index is 530. The normalized spacial score (nSPS) is 20.6. The summed E-state index contributed by atoms with van der Waals surface area (Å²) in [4.78, 5) is 9.65. The van der Waals surface area contributed by atoms with E-state index in [9.17, 15) is 0 Å². The van der Waals surface area contributed by atoms with Crippen LogP contribution < -0.4 is 10.2 Å². The van der Waals surface area contributed by atoms with Crippen molar-refractivity contribution in [3.63, 3.8) is 0 Å². The number of aliphatic imine (C=N–C) groups is 1. The quantitative estimate of drug-likeness (QED) is 0.253. The number of nitrogens with one attached hydrogen (secondary N) is 1. The molecule has 0 amide bonds. The van der Waals surface area contributed by atoms with Gasteiger partial charge >= 0.3 is 0 Å². The summed E-state index contributed by atoms with van der Waals surface area (Å²) in [7, 11) is 0. The Hall–Kier alpha value is -0.580. The molecule has 8 heteroatoms. The lowest BCUT2D eigenvalue weighted by Gasteiger charge is -2.37. The topological polar surface area (TPSA) is 49.3 Å². The molecule has 1 aromatic heterocycles. The maximum atomic E-state index is 5.77. The van der Waals surface area contributed by atoms with E-state index in [2.05, 4.69) is 39.6 Å². The van der Waals surface area contributed by atoms with Crippen molar-refractivity contribution in [2.24, 2.45) is 10.9 Å². The van der Waals surface area contributed by atoms with Gasteiger partial charge in [-0.3, -0.25) is 4.99 Å². The molecule has 27 heavy (non-hydrogen) atoms. The minimum atomic E-state index is 0. The Morgan fingerprint density at radius 2 is 2.22 bits per heavy atom. The molecule has 154 valence electrons. The number of piperazine rings is 1. The van der Waals surface area contributed by atoms with Crippen LogP contribution in [0.3, 0.4) is 0 Å². The zero-order chi connectivity index (χ0) is 18.0. The van der Waals surface area contributed by atoms with Crippen molar-refractivity contribution in [3.05, 3.63) is 17.5 Å². The van der Waals surface area contributed by atoms with Crippen LogP contribution in [0.5, 0.6) is 0 Å². The van der Waals surface area contributed by atoms with Crippen LogP contribution in [0.4, 0.5) is 5.00 Å². The molecule has 2 fully saturated rings. The predicted molar refractivity (Wildman–Crippen MR) is 124 cm³/mol. The van der Waals surface area contributed by atoms with Crippen molar-refractivity contribution in [2.45, 2.75) is 19.8 Å². The summed E-state index contributed by atoms with van der Waals surface area (Å²) >= 11 is 1.82. The Kier molecular flexibility index (Phi) is 10.8. The number of nitrogens with zero attached hydrogens (tertiary/aromatic N) is 3. The maximum Gasteiger partial charge on any atom is 0.194 e. The molecule has 0 radical (unpaired) electrons. The highest BCUT2D eigenvalue weighted by molar-refractivity contribution is 14.0. The highest BCUT2D eigenvalue weighted by Crippen LogP contribution is 2.22. The molecule has 2 saturated heterocycles. The summed E-state index contributed by atoms with van der Waals surface area (Å²) in [6.45, 7) is 11.4. The van der Waals surface area contributed by atoms with Crippen LogP contribution in [0.1, 0.15) is 19.8 Å². The molecule has 6 nitrogen and oxygen atoms in total. The van der Waals surface area contributed by atoms with Crippen LogP contribution in [0, 0.1) is 5.92 Å². The van der Waals surface area contributed by atoms with Crippen molar-refractivity contribution in [3.8, 4) is 0 Å². The lowest BCUT2D eigenvalue weighted by molar-refractivity contribution is 0.0893. The average Bonchev–Trinajstić information content (AvgIpc) is 3.38. The first-order chi connectivity index (χ1) is 12.9. The van der Waals surface area contributed by atoms with E-state index >= 15 is 0 Å². The number of thiophene rings is 1. The van der Waals surface area contributed by atoms with Gasteiger partial charge in [-0.2, -0.15) is 0 Å². The second kappa shape index (κ2) is 12.8. The molecule has 1 aromatic rings. The second-order valence-electron chi connectivity index (χ2n) is 6.82. The van der Waals surface area contributed by atoms with Gasteiger partial charge in [0.2, 0.25) is 0 Å². The van der Waals surface area contributed by atoms with Crippen LogP contribution in [-0.4, -0.2) is 76.6 Å². The van der Waals surface area contributed by atoms with Crippen LogP contribution in [0.2, 0.25) is 0 Å². The molecular weight excluding hydrogens is 475 g/mol. The Labute approximate surface area is 184 Å². The fraction of sp³-hybridized carbons (Fsp3) is 0.737. The molecule has 1 N–H and O–H groups in total. The first-order valence-electron chi connectivity index (χ1n) is 9.84. The van der Waals surface area contributed by atoms with Crippen LogP contribution in [0.15, 0.2) is 22.5 Å². The Balaban J connectivity index is 0.00000261. The van der Waals surface area contributed by atoms with Gasteiger partial charge in [0, 0.05) is 58.4 Å². The van der Waals surface area contributed by atoms with Gasteiger partial charge in [-0.15, -0.1) is 35.3 Å². The molecule has 0 bridgehead atoms. The zero-order valence-corrected chi connectivity index (χ0v) is 19.4.